The van der Waals surface area contributed by atoms with E-state index in [1.54, 1.807) is 18.2 Å². The van der Waals surface area contributed by atoms with E-state index in [4.69, 9.17) is 27.9 Å². The van der Waals surface area contributed by atoms with Gasteiger partial charge in [-0.2, -0.15) is 0 Å². The van der Waals surface area contributed by atoms with Gasteiger partial charge in [0, 0.05) is 10.7 Å². The van der Waals surface area contributed by atoms with Gasteiger partial charge in [-0.1, -0.05) is 47.0 Å². The summed E-state index contributed by atoms with van der Waals surface area (Å²) in [4.78, 5) is 50.7. The van der Waals surface area contributed by atoms with E-state index < -0.39 is 17.8 Å². The highest BCUT2D eigenvalue weighted by Gasteiger charge is 2.36. The van der Waals surface area contributed by atoms with E-state index in [2.05, 4.69) is 10.6 Å². The second-order valence-electron chi connectivity index (χ2n) is 7.83. The SMILES string of the molecule is Cc1ccc(NC(=O)COc2ccc(/C=C3\C(=O)NC(=O)N(c4ccc(Cl)cc4)C3=O)cc2Cl)cc1. The van der Waals surface area contributed by atoms with Gasteiger partial charge in [-0.3, -0.25) is 19.7 Å². The van der Waals surface area contributed by atoms with Crippen molar-refractivity contribution in [3.05, 3.63) is 93.5 Å². The van der Waals surface area contributed by atoms with Gasteiger partial charge in [0.2, 0.25) is 0 Å². The minimum atomic E-state index is -0.866. The highest BCUT2D eigenvalue weighted by atomic mass is 35.5. The first-order chi connectivity index (χ1) is 17.2. The molecule has 36 heavy (non-hydrogen) atoms. The van der Waals surface area contributed by atoms with Gasteiger partial charge in [0.15, 0.2) is 6.61 Å². The Labute approximate surface area is 216 Å². The zero-order valence-electron chi connectivity index (χ0n) is 18.9. The lowest BCUT2D eigenvalue weighted by Gasteiger charge is -2.26. The van der Waals surface area contributed by atoms with Crippen LogP contribution in [0.15, 0.2) is 72.3 Å². The second kappa shape index (κ2) is 10.6. The summed E-state index contributed by atoms with van der Waals surface area (Å²) in [6, 6.07) is 17.0. The van der Waals surface area contributed by atoms with Gasteiger partial charge in [-0.25, -0.2) is 9.69 Å². The number of amides is 5. The molecule has 1 saturated heterocycles. The molecule has 1 aliphatic rings. The first kappa shape index (κ1) is 25.0. The van der Waals surface area contributed by atoms with Crippen molar-refractivity contribution in [1.82, 2.24) is 5.32 Å². The fraction of sp³-hybridized carbons (Fsp3) is 0.0769. The minimum absolute atomic E-state index is 0.168. The molecule has 0 saturated carbocycles. The van der Waals surface area contributed by atoms with E-state index in [0.29, 0.717) is 16.3 Å². The van der Waals surface area contributed by atoms with Gasteiger partial charge in [0.1, 0.15) is 11.3 Å². The van der Waals surface area contributed by atoms with Gasteiger partial charge < -0.3 is 10.1 Å². The number of halogens is 2. The highest BCUT2D eigenvalue weighted by molar-refractivity contribution is 6.39. The first-order valence-corrected chi connectivity index (χ1v) is 11.4. The molecule has 3 aromatic carbocycles. The number of ether oxygens (including phenoxy) is 1. The maximum Gasteiger partial charge on any atom is 0.335 e. The molecule has 1 aliphatic heterocycles. The molecule has 1 fully saturated rings. The van der Waals surface area contributed by atoms with Crippen molar-refractivity contribution in [2.75, 3.05) is 16.8 Å². The Kier molecular flexibility index (Phi) is 7.38. The van der Waals surface area contributed by atoms with Crippen LogP contribution in [-0.4, -0.2) is 30.4 Å². The summed E-state index contributed by atoms with van der Waals surface area (Å²) in [7, 11) is 0. The molecule has 4 rings (SSSR count). The van der Waals surface area contributed by atoms with Crippen molar-refractivity contribution >= 4 is 64.4 Å². The molecule has 182 valence electrons. The molecule has 0 bridgehead atoms. The Morgan fingerprint density at radius 1 is 1.00 bits per heavy atom. The lowest BCUT2D eigenvalue weighted by atomic mass is 10.1. The van der Waals surface area contributed by atoms with Gasteiger partial charge >= 0.3 is 6.03 Å². The summed E-state index contributed by atoms with van der Waals surface area (Å²) in [6.07, 6.45) is 1.31. The molecule has 10 heteroatoms. The Morgan fingerprint density at radius 3 is 2.36 bits per heavy atom. The number of nitrogens with zero attached hydrogens (tertiary/aromatic N) is 1. The van der Waals surface area contributed by atoms with E-state index in [9.17, 15) is 19.2 Å². The van der Waals surface area contributed by atoms with Crippen LogP contribution >= 0.6 is 23.2 Å². The number of benzene rings is 3. The third kappa shape index (κ3) is 5.73. The maximum absolute atomic E-state index is 13.0. The van der Waals surface area contributed by atoms with E-state index in [0.717, 1.165) is 10.5 Å². The van der Waals surface area contributed by atoms with Crippen LogP contribution in [0, 0.1) is 6.92 Å². The smallest absolute Gasteiger partial charge is 0.335 e. The van der Waals surface area contributed by atoms with Crippen molar-refractivity contribution in [3.63, 3.8) is 0 Å². The number of urea groups is 1. The van der Waals surface area contributed by atoms with E-state index in [-0.39, 0.29) is 34.5 Å². The summed E-state index contributed by atoms with van der Waals surface area (Å²) in [5, 5.41) is 5.47. The van der Waals surface area contributed by atoms with Crippen LogP contribution in [0.1, 0.15) is 11.1 Å². The zero-order valence-corrected chi connectivity index (χ0v) is 20.4. The average Bonchev–Trinajstić information content (AvgIpc) is 2.84. The van der Waals surface area contributed by atoms with Crippen LogP contribution in [0.4, 0.5) is 16.2 Å². The molecule has 0 radical (unpaired) electrons. The molecule has 2 N–H and O–H groups in total. The number of imide groups is 2. The number of carbonyl (C=O) groups is 4. The molecule has 8 nitrogen and oxygen atoms in total. The lowest BCUT2D eigenvalue weighted by molar-refractivity contribution is -0.122. The molecule has 1 heterocycles. The van der Waals surface area contributed by atoms with E-state index in [1.807, 2.05) is 19.1 Å². The average molecular weight is 524 g/mol. The largest absolute Gasteiger partial charge is 0.482 e. The number of rotatable bonds is 6. The minimum Gasteiger partial charge on any atom is -0.482 e. The van der Waals surface area contributed by atoms with Crippen molar-refractivity contribution in [2.45, 2.75) is 6.92 Å². The quantitative estimate of drug-likeness (QED) is 0.350. The number of hydrogen-bond acceptors (Lipinski definition) is 5. The highest BCUT2D eigenvalue weighted by Crippen LogP contribution is 2.28. The summed E-state index contributed by atoms with van der Waals surface area (Å²) < 4.78 is 5.51. The van der Waals surface area contributed by atoms with Crippen molar-refractivity contribution in [3.8, 4) is 5.75 Å². The van der Waals surface area contributed by atoms with Gasteiger partial charge in [-0.15, -0.1) is 0 Å². The fourth-order valence-corrected chi connectivity index (χ4v) is 3.72. The van der Waals surface area contributed by atoms with Crippen LogP contribution in [-0.2, 0) is 14.4 Å². The monoisotopic (exact) mass is 523 g/mol. The molecule has 0 aromatic heterocycles. The Morgan fingerprint density at radius 2 is 1.69 bits per heavy atom. The molecular formula is C26H19Cl2N3O5. The molecule has 5 amide bonds. The van der Waals surface area contributed by atoms with Crippen LogP contribution in [0.3, 0.4) is 0 Å². The molecule has 0 spiro atoms. The molecule has 0 aliphatic carbocycles. The van der Waals surface area contributed by atoms with Crippen LogP contribution in [0.25, 0.3) is 6.08 Å². The lowest BCUT2D eigenvalue weighted by Crippen LogP contribution is -2.54. The molecule has 0 atom stereocenters. The topological polar surface area (TPSA) is 105 Å². The van der Waals surface area contributed by atoms with Crippen molar-refractivity contribution < 1.29 is 23.9 Å². The fourth-order valence-electron chi connectivity index (χ4n) is 3.35. The summed E-state index contributed by atoms with van der Waals surface area (Å²) in [6.45, 7) is 1.68. The van der Waals surface area contributed by atoms with Gasteiger partial charge in [0.25, 0.3) is 17.7 Å². The summed E-state index contributed by atoms with van der Waals surface area (Å²) >= 11 is 12.2. The number of anilines is 2. The van der Waals surface area contributed by atoms with Crippen LogP contribution in [0.2, 0.25) is 10.0 Å². The van der Waals surface area contributed by atoms with Gasteiger partial charge in [-0.05, 0) is 67.1 Å². The number of nitrogens with one attached hydrogen (secondary N) is 2. The molecule has 3 aromatic rings. The zero-order chi connectivity index (χ0) is 25.8. The Bertz CT molecular complexity index is 1390. The van der Waals surface area contributed by atoms with Crippen molar-refractivity contribution in [1.29, 1.82) is 0 Å². The third-order valence-corrected chi connectivity index (χ3v) is 5.69. The summed E-state index contributed by atoms with van der Waals surface area (Å²) in [5.41, 5.74) is 2.13. The third-order valence-electron chi connectivity index (χ3n) is 5.15. The number of hydrogen-bond donors (Lipinski definition) is 2. The Balaban J connectivity index is 1.47. The van der Waals surface area contributed by atoms with Crippen LogP contribution < -0.4 is 20.3 Å². The van der Waals surface area contributed by atoms with E-state index >= 15 is 0 Å². The molecule has 0 unspecified atom stereocenters. The number of barbiturate groups is 1. The normalized spacial score (nSPS) is 14.6. The first-order valence-electron chi connectivity index (χ1n) is 10.7. The second-order valence-corrected chi connectivity index (χ2v) is 8.67. The van der Waals surface area contributed by atoms with Gasteiger partial charge in [0.05, 0.1) is 10.7 Å². The predicted octanol–water partition coefficient (Wildman–Crippen LogP) is 4.99. The standard InChI is InChI=1S/C26H19Cl2N3O5/c1-15-2-7-18(8-3-15)29-23(32)14-36-22-11-4-16(13-21(22)28)12-20-24(33)30-26(35)31(25(20)34)19-9-5-17(27)6-10-19/h2-13H,14H2,1H3,(H,29,32)(H,30,33,35)/b20-12+. The maximum atomic E-state index is 13.0. The number of aryl methyl sites for hydroxylation is 1. The van der Waals surface area contributed by atoms with Crippen molar-refractivity contribution in [2.24, 2.45) is 0 Å². The molecular weight excluding hydrogens is 505 g/mol. The van der Waals surface area contributed by atoms with Crippen LogP contribution in [0.5, 0.6) is 5.75 Å². The summed E-state index contributed by atoms with van der Waals surface area (Å²) in [5.74, 6) is -1.75. The Hall–Kier alpha value is -4.14. The number of carbonyl (C=O) groups excluding carboxylic acids is 4. The van der Waals surface area contributed by atoms with E-state index in [1.165, 1.54) is 42.5 Å². The predicted molar refractivity (Wildman–Crippen MR) is 137 cm³/mol.